The SMILES string of the molecule is [NH3+]Cc1cc([N+](=O)[O-])ccc1[O-]. The van der Waals surface area contributed by atoms with E-state index in [9.17, 15) is 15.2 Å². The number of hydrogen-bond donors (Lipinski definition) is 1. The van der Waals surface area contributed by atoms with Crippen LogP contribution in [0.25, 0.3) is 0 Å². The first kappa shape index (κ1) is 8.48. The lowest BCUT2D eigenvalue weighted by atomic mass is 10.2. The van der Waals surface area contributed by atoms with Crippen molar-refractivity contribution in [3.8, 4) is 5.75 Å². The van der Waals surface area contributed by atoms with Crippen LogP contribution in [0.4, 0.5) is 5.69 Å². The Morgan fingerprint density at radius 1 is 1.50 bits per heavy atom. The average molecular weight is 168 g/mol. The molecule has 3 N–H and O–H groups in total. The normalized spacial score (nSPS) is 9.75. The van der Waals surface area contributed by atoms with E-state index in [4.69, 9.17) is 0 Å². The van der Waals surface area contributed by atoms with E-state index in [2.05, 4.69) is 5.73 Å². The Bertz CT molecular complexity index is 312. The highest BCUT2D eigenvalue weighted by molar-refractivity contribution is 5.41. The van der Waals surface area contributed by atoms with Crippen LogP contribution in [0.15, 0.2) is 18.2 Å². The minimum atomic E-state index is -0.529. The van der Waals surface area contributed by atoms with E-state index in [1.54, 1.807) is 0 Å². The molecule has 0 bridgehead atoms. The van der Waals surface area contributed by atoms with Crippen molar-refractivity contribution in [1.82, 2.24) is 0 Å². The quantitative estimate of drug-likeness (QED) is 0.472. The zero-order valence-electron chi connectivity index (χ0n) is 6.32. The highest BCUT2D eigenvalue weighted by atomic mass is 16.6. The van der Waals surface area contributed by atoms with Crippen LogP contribution in [0, 0.1) is 10.1 Å². The minimum absolute atomic E-state index is 0.0618. The lowest BCUT2D eigenvalue weighted by molar-refractivity contribution is -0.392. The van der Waals surface area contributed by atoms with Gasteiger partial charge >= 0.3 is 0 Å². The molecule has 0 aliphatic carbocycles. The number of non-ortho nitro benzene ring substituents is 1. The van der Waals surface area contributed by atoms with Gasteiger partial charge in [0.25, 0.3) is 5.69 Å². The summed E-state index contributed by atoms with van der Waals surface area (Å²) in [5.74, 6) is -0.199. The molecule has 0 saturated heterocycles. The fourth-order valence-electron chi connectivity index (χ4n) is 0.875. The van der Waals surface area contributed by atoms with Gasteiger partial charge in [-0.3, -0.25) is 10.1 Å². The third-order valence-electron chi connectivity index (χ3n) is 1.52. The summed E-state index contributed by atoms with van der Waals surface area (Å²) in [5, 5.41) is 21.2. The molecule has 0 unspecified atom stereocenters. The lowest BCUT2D eigenvalue weighted by Gasteiger charge is -2.08. The molecule has 0 atom stereocenters. The molecule has 0 amide bonds. The number of nitro groups is 1. The van der Waals surface area contributed by atoms with E-state index in [1.807, 2.05) is 0 Å². The maximum atomic E-state index is 11.0. The van der Waals surface area contributed by atoms with Gasteiger partial charge < -0.3 is 10.8 Å². The van der Waals surface area contributed by atoms with Crippen molar-refractivity contribution in [2.45, 2.75) is 6.54 Å². The minimum Gasteiger partial charge on any atom is -0.872 e. The summed E-state index contributed by atoms with van der Waals surface area (Å²) in [6, 6.07) is 3.65. The second kappa shape index (κ2) is 3.19. The van der Waals surface area contributed by atoms with Crippen molar-refractivity contribution < 1.29 is 15.8 Å². The summed E-state index contributed by atoms with van der Waals surface area (Å²) in [4.78, 5) is 9.73. The van der Waals surface area contributed by atoms with Gasteiger partial charge in [0.1, 0.15) is 0 Å². The molecule has 0 fully saturated rings. The van der Waals surface area contributed by atoms with Gasteiger partial charge in [0.05, 0.1) is 11.5 Å². The third kappa shape index (κ3) is 1.51. The second-order valence-corrected chi connectivity index (χ2v) is 2.30. The van der Waals surface area contributed by atoms with E-state index in [-0.39, 0.29) is 18.0 Å². The first-order valence-corrected chi connectivity index (χ1v) is 3.38. The van der Waals surface area contributed by atoms with Gasteiger partial charge in [-0.25, -0.2) is 0 Å². The predicted octanol–water partition coefficient (Wildman–Crippen LogP) is -0.590. The Morgan fingerprint density at radius 2 is 2.17 bits per heavy atom. The van der Waals surface area contributed by atoms with E-state index in [1.165, 1.54) is 18.2 Å². The van der Waals surface area contributed by atoms with Crippen molar-refractivity contribution in [3.05, 3.63) is 33.9 Å². The first-order valence-electron chi connectivity index (χ1n) is 3.38. The lowest BCUT2D eigenvalue weighted by Crippen LogP contribution is -2.47. The third-order valence-corrected chi connectivity index (χ3v) is 1.52. The molecule has 1 rings (SSSR count). The van der Waals surface area contributed by atoms with Gasteiger partial charge in [0.15, 0.2) is 0 Å². The molecular formula is C7H8N2O3. The van der Waals surface area contributed by atoms with Crippen molar-refractivity contribution in [1.29, 1.82) is 0 Å². The van der Waals surface area contributed by atoms with Gasteiger partial charge in [-0.05, 0) is 0 Å². The van der Waals surface area contributed by atoms with E-state index in [0.29, 0.717) is 5.56 Å². The van der Waals surface area contributed by atoms with Gasteiger partial charge in [-0.1, -0.05) is 11.8 Å². The van der Waals surface area contributed by atoms with Crippen LogP contribution in [0.3, 0.4) is 0 Å². The van der Waals surface area contributed by atoms with Crippen LogP contribution in [-0.4, -0.2) is 4.92 Å². The highest BCUT2D eigenvalue weighted by Gasteiger charge is 2.05. The summed E-state index contributed by atoms with van der Waals surface area (Å²) >= 11 is 0. The monoisotopic (exact) mass is 168 g/mol. The van der Waals surface area contributed by atoms with Crippen molar-refractivity contribution in [2.75, 3.05) is 0 Å². The fourth-order valence-corrected chi connectivity index (χ4v) is 0.875. The maximum Gasteiger partial charge on any atom is 0.269 e. The van der Waals surface area contributed by atoms with Crippen LogP contribution in [0.2, 0.25) is 0 Å². The molecule has 64 valence electrons. The molecule has 1 aromatic carbocycles. The first-order chi connectivity index (χ1) is 5.65. The van der Waals surface area contributed by atoms with Crippen LogP contribution in [0.1, 0.15) is 5.56 Å². The molecule has 1 aromatic rings. The molecule has 0 heterocycles. The van der Waals surface area contributed by atoms with Gasteiger partial charge in [0.2, 0.25) is 0 Å². The van der Waals surface area contributed by atoms with E-state index in [0.717, 1.165) is 0 Å². The number of benzene rings is 1. The highest BCUT2D eigenvalue weighted by Crippen LogP contribution is 2.19. The zero-order chi connectivity index (χ0) is 9.14. The number of quaternary nitrogens is 1. The number of nitro benzene ring substituents is 1. The van der Waals surface area contributed by atoms with Gasteiger partial charge in [-0.15, -0.1) is 0 Å². The summed E-state index contributed by atoms with van der Waals surface area (Å²) in [6.07, 6.45) is 0. The predicted molar refractivity (Wildman–Crippen MR) is 39.1 cm³/mol. The smallest absolute Gasteiger partial charge is 0.269 e. The Kier molecular flexibility index (Phi) is 2.25. The Hall–Kier alpha value is -1.62. The van der Waals surface area contributed by atoms with Crippen molar-refractivity contribution >= 4 is 5.69 Å². The Morgan fingerprint density at radius 3 is 2.67 bits per heavy atom. The molecule has 5 nitrogen and oxygen atoms in total. The molecule has 0 aromatic heterocycles. The number of nitrogens with zero attached hydrogens (tertiary/aromatic N) is 1. The summed E-state index contributed by atoms with van der Waals surface area (Å²) < 4.78 is 0. The molecule has 0 aliphatic rings. The molecule has 0 radical (unpaired) electrons. The maximum absolute atomic E-state index is 11.0. The molecular weight excluding hydrogens is 160 g/mol. The summed E-state index contributed by atoms with van der Waals surface area (Å²) in [7, 11) is 0. The van der Waals surface area contributed by atoms with Crippen LogP contribution >= 0.6 is 0 Å². The summed E-state index contributed by atoms with van der Waals surface area (Å²) in [5.41, 5.74) is 3.81. The molecule has 5 heteroatoms. The number of hydrogen-bond acceptors (Lipinski definition) is 3. The van der Waals surface area contributed by atoms with Crippen LogP contribution in [0.5, 0.6) is 5.75 Å². The standard InChI is InChI=1S/C7H8N2O3/c8-4-5-3-6(9(11)12)1-2-7(5)10/h1-3,10H,4,8H2. The van der Waals surface area contributed by atoms with Crippen molar-refractivity contribution in [3.63, 3.8) is 0 Å². The van der Waals surface area contributed by atoms with Crippen LogP contribution < -0.4 is 10.8 Å². The molecule has 0 spiro atoms. The van der Waals surface area contributed by atoms with Gasteiger partial charge in [-0.2, -0.15) is 0 Å². The Balaban J connectivity index is 3.13. The topological polar surface area (TPSA) is 93.8 Å². The largest absolute Gasteiger partial charge is 0.872 e. The van der Waals surface area contributed by atoms with E-state index >= 15 is 0 Å². The Labute approximate surface area is 68.6 Å². The molecule has 12 heavy (non-hydrogen) atoms. The average Bonchev–Trinajstić information content (AvgIpc) is 2.05. The molecule has 0 saturated carbocycles. The van der Waals surface area contributed by atoms with Crippen molar-refractivity contribution in [2.24, 2.45) is 0 Å². The fraction of sp³-hybridized carbons (Fsp3) is 0.143. The van der Waals surface area contributed by atoms with Crippen LogP contribution in [-0.2, 0) is 6.54 Å². The van der Waals surface area contributed by atoms with E-state index < -0.39 is 4.92 Å². The number of rotatable bonds is 2. The zero-order valence-corrected chi connectivity index (χ0v) is 6.32. The summed E-state index contributed by atoms with van der Waals surface area (Å²) in [6.45, 7) is 0.278. The second-order valence-electron chi connectivity index (χ2n) is 2.30. The van der Waals surface area contributed by atoms with Gasteiger partial charge in [0, 0.05) is 17.7 Å². The molecule has 0 aliphatic heterocycles.